The van der Waals surface area contributed by atoms with Crippen molar-refractivity contribution < 1.29 is 0 Å². The van der Waals surface area contributed by atoms with Gasteiger partial charge in [0.2, 0.25) is 0 Å². The van der Waals surface area contributed by atoms with E-state index in [0.717, 1.165) is 35.5 Å². The van der Waals surface area contributed by atoms with Crippen LogP contribution in [0.1, 0.15) is 24.6 Å². The SMILES string of the molecule is Cc1nn(C)c(NCC2CC2C)c1C(N)=S. The minimum Gasteiger partial charge on any atom is -0.389 e. The average molecular weight is 238 g/mol. The second-order valence-electron chi connectivity index (χ2n) is 4.65. The van der Waals surface area contributed by atoms with Gasteiger partial charge in [0.1, 0.15) is 10.8 Å². The summed E-state index contributed by atoms with van der Waals surface area (Å²) in [6, 6.07) is 0. The Labute approximate surface area is 101 Å². The third kappa shape index (κ3) is 2.04. The fourth-order valence-electron chi connectivity index (χ4n) is 2.07. The Morgan fingerprint density at radius 1 is 1.69 bits per heavy atom. The molecule has 0 radical (unpaired) electrons. The van der Waals surface area contributed by atoms with Crippen molar-refractivity contribution >= 4 is 23.0 Å². The smallest absolute Gasteiger partial charge is 0.134 e. The van der Waals surface area contributed by atoms with Gasteiger partial charge in [-0.15, -0.1) is 0 Å². The van der Waals surface area contributed by atoms with E-state index in [0.29, 0.717) is 4.99 Å². The van der Waals surface area contributed by atoms with Gasteiger partial charge >= 0.3 is 0 Å². The van der Waals surface area contributed by atoms with Crippen molar-refractivity contribution in [1.29, 1.82) is 0 Å². The zero-order valence-corrected chi connectivity index (χ0v) is 10.8. The largest absolute Gasteiger partial charge is 0.389 e. The number of hydrogen-bond acceptors (Lipinski definition) is 3. The zero-order chi connectivity index (χ0) is 11.9. The van der Waals surface area contributed by atoms with E-state index in [1.807, 2.05) is 18.7 Å². The first-order chi connectivity index (χ1) is 7.50. The van der Waals surface area contributed by atoms with Crippen LogP contribution in [0.25, 0.3) is 0 Å². The molecule has 5 heteroatoms. The van der Waals surface area contributed by atoms with Crippen LogP contribution in [0.2, 0.25) is 0 Å². The minimum atomic E-state index is 0.414. The predicted molar refractivity (Wildman–Crippen MR) is 69.6 cm³/mol. The van der Waals surface area contributed by atoms with Gasteiger partial charge in [-0.3, -0.25) is 4.68 Å². The van der Waals surface area contributed by atoms with Crippen LogP contribution in [-0.4, -0.2) is 21.3 Å². The first-order valence-corrected chi connectivity index (χ1v) is 5.98. The molecular weight excluding hydrogens is 220 g/mol. The van der Waals surface area contributed by atoms with Crippen LogP contribution in [0.15, 0.2) is 0 Å². The summed E-state index contributed by atoms with van der Waals surface area (Å²) in [5.74, 6) is 2.58. The Morgan fingerprint density at radius 2 is 2.31 bits per heavy atom. The predicted octanol–water partition coefficient (Wildman–Crippen LogP) is 1.43. The van der Waals surface area contributed by atoms with Gasteiger partial charge in [0.15, 0.2) is 0 Å². The fraction of sp³-hybridized carbons (Fsp3) is 0.636. The maximum Gasteiger partial charge on any atom is 0.134 e. The lowest BCUT2D eigenvalue weighted by molar-refractivity contribution is 0.737. The lowest BCUT2D eigenvalue weighted by atomic mass is 10.2. The molecule has 2 unspecified atom stereocenters. The van der Waals surface area contributed by atoms with Crippen LogP contribution in [0.4, 0.5) is 5.82 Å². The highest BCUT2D eigenvalue weighted by molar-refractivity contribution is 7.80. The van der Waals surface area contributed by atoms with Gasteiger partial charge < -0.3 is 11.1 Å². The number of anilines is 1. The van der Waals surface area contributed by atoms with Crippen molar-refractivity contribution in [1.82, 2.24) is 9.78 Å². The molecule has 0 spiro atoms. The van der Waals surface area contributed by atoms with Crippen LogP contribution >= 0.6 is 12.2 Å². The van der Waals surface area contributed by atoms with Crippen molar-refractivity contribution in [2.24, 2.45) is 24.6 Å². The second-order valence-corrected chi connectivity index (χ2v) is 5.09. The molecule has 1 aromatic heterocycles. The molecule has 1 aliphatic carbocycles. The summed E-state index contributed by atoms with van der Waals surface area (Å²) < 4.78 is 1.82. The van der Waals surface area contributed by atoms with E-state index < -0.39 is 0 Å². The molecule has 0 amide bonds. The quantitative estimate of drug-likeness (QED) is 0.779. The number of aryl methyl sites for hydroxylation is 2. The number of rotatable bonds is 4. The van der Waals surface area contributed by atoms with E-state index in [4.69, 9.17) is 18.0 Å². The van der Waals surface area contributed by atoms with Crippen LogP contribution in [0.3, 0.4) is 0 Å². The van der Waals surface area contributed by atoms with Gasteiger partial charge in [0.25, 0.3) is 0 Å². The lowest BCUT2D eigenvalue weighted by Crippen LogP contribution is -2.16. The highest BCUT2D eigenvalue weighted by atomic mass is 32.1. The summed E-state index contributed by atoms with van der Waals surface area (Å²) in [6.07, 6.45) is 1.31. The average Bonchev–Trinajstić information content (AvgIpc) is 2.79. The molecule has 0 bridgehead atoms. The topological polar surface area (TPSA) is 55.9 Å². The Morgan fingerprint density at radius 3 is 2.81 bits per heavy atom. The molecule has 2 rings (SSSR count). The fourth-order valence-corrected chi connectivity index (χ4v) is 2.31. The van der Waals surface area contributed by atoms with Crippen LogP contribution in [0.5, 0.6) is 0 Å². The molecule has 1 aliphatic rings. The third-order valence-corrected chi connectivity index (χ3v) is 3.48. The second kappa shape index (κ2) is 4.05. The third-order valence-electron chi connectivity index (χ3n) is 3.28. The van der Waals surface area contributed by atoms with Gasteiger partial charge in [-0.2, -0.15) is 5.10 Å². The van der Waals surface area contributed by atoms with Crippen LogP contribution in [-0.2, 0) is 7.05 Å². The summed E-state index contributed by atoms with van der Waals surface area (Å²) in [4.78, 5) is 0.414. The molecule has 0 saturated heterocycles. The Bertz CT molecular complexity index is 424. The van der Waals surface area contributed by atoms with Crippen molar-refractivity contribution in [3.63, 3.8) is 0 Å². The monoisotopic (exact) mass is 238 g/mol. The molecule has 1 heterocycles. The zero-order valence-electron chi connectivity index (χ0n) is 9.95. The van der Waals surface area contributed by atoms with Crippen LogP contribution < -0.4 is 11.1 Å². The van der Waals surface area contributed by atoms with E-state index in [-0.39, 0.29) is 0 Å². The minimum absolute atomic E-state index is 0.414. The molecule has 1 saturated carbocycles. The summed E-state index contributed by atoms with van der Waals surface area (Å²) in [7, 11) is 1.91. The highest BCUT2D eigenvalue weighted by Gasteiger charge is 2.32. The molecule has 16 heavy (non-hydrogen) atoms. The van der Waals surface area contributed by atoms with Gasteiger partial charge in [-0.05, 0) is 25.2 Å². The Kier molecular flexibility index (Phi) is 2.88. The van der Waals surface area contributed by atoms with E-state index >= 15 is 0 Å². The highest BCUT2D eigenvalue weighted by Crippen LogP contribution is 2.37. The molecule has 0 aromatic carbocycles. The summed E-state index contributed by atoms with van der Waals surface area (Å²) >= 11 is 5.05. The number of nitrogens with zero attached hydrogens (tertiary/aromatic N) is 2. The van der Waals surface area contributed by atoms with Crippen molar-refractivity contribution in [3.8, 4) is 0 Å². The molecule has 1 fully saturated rings. The van der Waals surface area contributed by atoms with E-state index in [9.17, 15) is 0 Å². The van der Waals surface area contributed by atoms with Crippen molar-refractivity contribution in [2.45, 2.75) is 20.3 Å². The molecular formula is C11H18N4S. The molecule has 0 aliphatic heterocycles. The van der Waals surface area contributed by atoms with Gasteiger partial charge in [0.05, 0.1) is 11.3 Å². The molecule has 3 N–H and O–H groups in total. The maximum absolute atomic E-state index is 5.72. The van der Waals surface area contributed by atoms with E-state index in [2.05, 4.69) is 17.3 Å². The summed E-state index contributed by atoms with van der Waals surface area (Å²) in [5.41, 5.74) is 7.49. The number of nitrogens with two attached hydrogens (primary N) is 1. The molecule has 88 valence electrons. The number of thiocarbonyl (C=S) groups is 1. The van der Waals surface area contributed by atoms with Crippen LogP contribution in [0, 0.1) is 18.8 Å². The summed E-state index contributed by atoms with van der Waals surface area (Å²) in [5, 5.41) is 7.75. The molecule has 1 aromatic rings. The van der Waals surface area contributed by atoms with Gasteiger partial charge in [-0.25, -0.2) is 0 Å². The van der Waals surface area contributed by atoms with Crippen molar-refractivity contribution in [3.05, 3.63) is 11.3 Å². The summed E-state index contributed by atoms with van der Waals surface area (Å²) in [6.45, 7) is 5.19. The Hall–Kier alpha value is -1.10. The standard InChI is InChI=1S/C11H18N4S/c1-6-4-8(6)5-13-11-9(10(12)16)7(2)14-15(11)3/h6,8,13H,4-5H2,1-3H3,(H2,12,16). The first-order valence-electron chi connectivity index (χ1n) is 5.58. The van der Waals surface area contributed by atoms with Crippen molar-refractivity contribution in [2.75, 3.05) is 11.9 Å². The Balaban J connectivity index is 2.15. The van der Waals surface area contributed by atoms with Gasteiger partial charge in [-0.1, -0.05) is 19.1 Å². The number of nitrogens with one attached hydrogen (secondary N) is 1. The van der Waals surface area contributed by atoms with E-state index in [1.165, 1.54) is 6.42 Å². The molecule has 2 atom stereocenters. The normalized spacial score (nSPS) is 23.2. The van der Waals surface area contributed by atoms with Gasteiger partial charge in [0, 0.05) is 13.6 Å². The number of hydrogen-bond donors (Lipinski definition) is 2. The molecule has 4 nitrogen and oxygen atoms in total. The lowest BCUT2D eigenvalue weighted by Gasteiger charge is -2.08. The maximum atomic E-state index is 5.72. The van der Waals surface area contributed by atoms with E-state index in [1.54, 1.807) is 0 Å². The number of aromatic nitrogens is 2. The first kappa shape index (κ1) is 11.4.